The van der Waals surface area contributed by atoms with Crippen LogP contribution in [0, 0.1) is 5.92 Å². The highest BCUT2D eigenvalue weighted by Crippen LogP contribution is 2.26. The van der Waals surface area contributed by atoms with E-state index in [1.165, 1.54) is 0 Å². The zero-order valence-electron chi connectivity index (χ0n) is 11.8. The van der Waals surface area contributed by atoms with Crippen molar-refractivity contribution in [1.29, 1.82) is 0 Å². The van der Waals surface area contributed by atoms with Crippen LogP contribution in [0.5, 0.6) is 5.75 Å². The molecule has 2 rings (SSSR count). The topological polar surface area (TPSA) is 39.2 Å². The number of hydrogen-bond donors (Lipinski definition) is 0. The summed E-state index contributed by atoms with van der Waals surface area (Å²) in [5, 5.41) is 0. The van der Waals surface area contributed by atoms with Gasteiger partial charge in [0.1, 0.15) is 5.75 Å². The second-order valence-electron chi connectivity index (χ2n) is 5.51. The van der Waals surface area contributed by atoms with Gasteiger partial charge < -0.3 is 4.74 Å². The number of carbonyl (C=O) groups is 1. The van der Waals surface area contributed by atoms with Crippen LogP contribution in [-0.4, -0.2) is 16.9 Å². The van der Waals surface area contributed by atoms with Crippen LogP contribution in [-0.2, 0) is 0 Å². The van der Waals surface area contributed by atoms with Crippen molar-refractivity contribution in [3.05, 3.63) is 35.7 Å². The first-order chi connectivity index (χ1) is 9.06. The summed E-state index contributed by atoms with van der Waals surface area (Å²) in [5.41, 5.74) is 1.54. The lowest BCUT2D eigenvalue weighted by Gasteiger charge is -2.17. The standard InChI is InChI=1S/C16H21NO2/c1-11(2)19-15-8-14(9-17-10-15)16(18)13-6-4-12(3)5-7-13/h6,8-12H,4-5,7H2,1-3H3. The highest BCUT2D eigenvalue weighted by molar-refractivity contribution is 6.08. The van der Waals surface area contributed by atoms with Gasteiger partial charge in [0.15, 0.2) is 5.78 Å². The summed E-state index contributed by atoms with van der Waals surface area (Å²) in [7, 11) is 0. The maximum Gasteiger partial charge on any atom is 0.190 e. The first-order valence-corrected chi connectivity index (χ1v) is 6.91. The summed E-state index contributed by atoms with van der Waals surface area (Å²) in [6, 6.07) is 1.79. The number of hydrogen-bond acceptors (Lipinski definition) is 3. The molecule has 1 aromatic heterocycles. The monoisotopic (exact) mass is 259 g/mol. The Morgan fingerprint density at radius 3 is 2.84 bits per heavy atom. The van der Waals surface area contributed by atoms with Crippen LogP contribution in [0.1, 0.15) is 50.4 Å². The van der Waals surface area contributed by atoms with Gasteiger partial charge in [-0.1, -0.05) is 13.0 Å². The number of ether oxygens (including phenoxy) is 1. The molecule has 0 saturated carbocycles. The highest BCUT2D eigenvalue weighted by Gasteiger charge is 2.18. The predicted molar refractivity (Wildman–Crippen MR) is 75.4 cm³/mol. The van der Waals surface area contributed by atoms with Crippen LogP contribution in [0.3, 0.4) is 0 Å². The molecule has 1 unspecified atom stereocenters. The molecule has 0 saturated heterocycles. The lowest BCUT2D eigenvalue weighted by atomic mass is 9.88. The van der Waals surface area contributed by atoms with Gasteiger partial charge in [-0.3, -0.25) is 9.78 Å². The Balaban J connectivity index is 2.15. The smallest absolute Gasteiger partial charge is 0.190 e. The van der Waals surface area contributed by atoms with E-state index in [0.717, 1.165) is 24.8 Å². The number of Topliss-reactive ketones (excluding diaryl/α,β-unsaturated/α-hetero) is 1. The van der Waals surface area contributed by atoms with Crippen molar-refractivity contribution in [2.24, 2.45) is 5.92 Å². The fraction of sp³-hybridized carbons (Fsp3) is 0.500. The van der Waals surface area contributed by atoms with Crippen LogP contribution in [0.25, 0.3) is 0 Å². The van der Waals surface area contributed by atoms with Gasteiger partial charge in [-0.25, -0.2) is 0 Å². The van der Waals surface area contributed by atoms with E-state index in [9.17, 15) is 4.79 Å². The van der Waals surface area contributed by atoms with Crippen molar-refractivity contribution >= 4 is 5.78 Å². The van der Waals surface area contributed by atoms with E-state index < -0.39 is 0 Å². The minimum Gasteiger partial charge on any atom is -0.489 e. The van der Waals surface area contributed by atoms with Gasteiger partial charge in [-0.05, 0) is 50.7 Å². The second kappa shape index (κ2) is 6.00. The molecule has 0 bridgehead atoms. The number of carbonyl (C=O) groups excluding carboxylic acids is 1. The van der Waals surface area contributed by atoms with Gasteiger partial charge in [-0.2, -0.15) is 0 Å². The van der Waals surface area contributed by atoms with E-state index in [4.69, 9.17) is 4.74 Å². The number of ketones is 1. The molecule has 1 aromatic rings. The first kappa shape index (κ1) is 13.8. The lowest BCUT2D eigenvalue weighted by molar-refractivity contribution is 0.102. The Morgan fingerprint density at radius 1 is 1.42 bits per heavy atom. The van der Waals surface area contributed by atoms with Gasteiger partial charge in [-0.15, -0.1) is 0 Å². The van der Waals surface area contributed by atoms with E-state index in [1.54, 1.807) is 18.5 Å². The summed E-state index contributed by atoms with van der Waals surface area (Å²) in [4.78, 5) is 16.5. The average molecular weight is 259 g/mol. The van der Waals surface area contributed by atoms with E-state index in [-0.39, 0.29) is 11.9 Å². The van der Waals surface area contributed by atoms with Gasteiger partial charge in [0.2, 0.25) is 0 Å². The fourth-order valence-electron chi connectivity index (χ4n) is 2.24. The van der Waals surface area contributed by atoms with E-state index in [1.807, 2.05) is 13.8 Å². The van der Waals surface area contributed by atoms with Crippen molar-refractivity contribution in [3.8, 4) is 5.75 Å². The van der Waals surface area contributed by atoms with Gasteiger partial charge in [0.25, 0.3) is 0 Å². The molecule has 0 fully saturated rings. The second-order valence-corrected chi connectivity index (χ2v) is 5.51. The molecule has 3 nitrogen and oxygen atoms in total. The average Bonchev–Trinajstić information content (AvgIpc) is 2.38. The van der Waals surface area contributed by atoms with E-state index >= 15 is 0 Å². The van der Waals surface area contributed by atoms with Gasteiger partial charge in [0.05, 0.1) is 12.3 Å². The van der Waals surface area contributed by atoms with Crippen LogP contribution in [0.4, 0.5) is 0 Å². The van der Waals surface area contributed by atoms with Crippen LogP contribution in [0.2, 0.25) is 0 Å². The van der Waals surface area contributed by atoms with Gasteiger partial charge >= 0.3 is 0 Å². The SMILES string of the molecule is CC1CC=C(C(=O)c2cncc(OC(C)C)c2)CC1. The fourth-order valence-corrected chi connectivity index (χ4v) is 2.24. The molecule has 0 radical (unpaired) electrons. The van der Waals surface area contributed by atoms with Crippen molar-refractivity contribution < 1.29 is 9.53 Å². The highest BCUT2D eigenvalue weighted by atomic mass is 16.5. The minimum atomic E-state index is 0.0851. The Bertz CT molecular complexity index is 491. The molecule has 1 heterocycles. The molecule has 1 atom stereocenters. The normalized spacial score (nSPS) is 19.2. The summed E-state index contributed by atoms with van der Waals surface area (Å²) < 4.78 is 5.58. The molecule has 3 heteroatoms. The maximum atomic E-state index is 12.4. The zero-order valence-corrected chi connectivity index (χ0v) is 11.8. The third-order valence-corrected chi connectivity index (χ3v) is 3.31. The van der Waals surface area contributed by atoms with Crippen molar-refractivity contribution in [2.75, 3.05) is 0 Å². The van der Waals surface area contributed by atoms with Crippen LogP contribution >= 0.6 is 0 Å². The lowest BCUT2D eigenvalue weighted by Crippen LogP contribution is -2.11. The molecule has 0 aromatic carbocycles. The van der Waals surface area contributed by atoms with E-state index in [0.29, 0.717) is 17.2 Å². The molecular weight excluding hydrogens is 238 g/mol. The molecule has 0 spiro atoms. The third-order valence-electron chi connectivity index (χ3n) is 3.31. The molecule has 1 aliphatic carbocycles. The zero-order chi connectivity index (χ0) is 13.8. The Labute approximate surface area is 114 Å². The number of allylic oxidation sites excluding steroid dienone is 2. The summed E-state index contributed by atoms with van der Waals surface area (Å²) in [5.74, 6) is 1.43. The Morgan fingerprint density at radius 2 is 2.21 bits per heavy atom. The number of nitrogens with zero attached hydrogens (tertiary/aromatic N) is 1. The molecule has 0 aliphatic heterocycles. The molecule has 19 heavy (non-hydrogen) atoms. The summed E-state index contributed by atoms with van der Waals surface area (Å²) in [6.07, 6.45) is 8.38. The predicted octanol–water partition coefficient (Wildman–Crippen LogP) is 3.80. The van der Waals surface area contributed by atoms with Crippen molar-refractivity contribution in [2.45, 2.75) is 46.1 Å². The molecular formula is C16H21NO2. The quantitative estimate of drug-likeness (QED) is 0.772. The minimum absolute atomic E-state index is 0.0851. The molecule has 102 valence electrons. The number of pyridine rings is 1. The molecule has 0 amide bonds. The van der Waals surface area contributed by atoms with Gasteiger partial charge in [0, 0.05) is 11.8 Å². The van der Waals surface area contributed by atoms with Crippen LogP contribution in [0.15, 0.2) is 30.1 Å². The number of aromatic nitrogens is 1. The first-order valence-electron chi connectivity index (χ1n) is 6.91. The molecule has 1 aliphatic rings. The third kappa shape index (κ3) is 3.66. The largest absolute Gasteiger partial charge is 0.489 e. The Hall–Kier alpha value is -1.64. The summed E-state index contributed by atoms with van der Waals surface area (Å²) in [6.45, 7) is 6.13. The van der Waals surface area contributed by atoms with E-state index in [2.05, 4.69) is 18.0 Å². The molecule has 0 N–H and O–H groups in total. The maximum absolute atomic E-state index is 12.4. The number of rotatable bonds is 4. The van der Waals surface area contributed by atoms with Crippen LogP contribution < -0.4 is 4.74 Å². The summed E-state index contributed by atoms with van der Waals surface area (Å²) >= 11 is 0. The van der Waals surface area contributed by atoms with Crippen molar-refractivity contribution in [1.82, 2.24) is 4.98 Å². The van der Waals surface area contributed by atoms with Crippen molar-refractivity contribution in [3.63, 3.8) is 0 Å². The Kier molecular flexibility index (Phi) is 4.35.